The molecule has 13 nitrogen and oxygen atoms in total. The number of carbonyl (C=O) groups excluding carboxylic acids is 1. The molecule has 5 rings (SSSR count). The van der Waals surface area contributed by atoms with E-state index in [-0.39, 0.29) is 17.8 Å². The Morgan fingerprint density at radius 1 is 1.12 bits per heavy atom. The topological polar surface area (TPSA) is 156 Å². The molecule has 2 aliphatic rings. The summed E-state index contributed by atoms with van der Waals surface area (Å²) in [5.41, 5.74) is 5.53. The number of nitriles is 1. The number of likely N-dealkylation sites (N-methyl/N-ethyl adjacent to an activating group) is 1. The second kappa shape index (κ2) is 13.1. The Hall–Kier alpha value is -4.36. The molecule has 1 saturated carbocycles. The molecule has 1 amide bonds. The lowest BCUT2D eigenvalue weighted by Crippen LogP contribution is -2.44. The van der Waals surface area contributed by atoms with E-state index in [4.69, 9.17) is 14.9 Å². The summed E-state index contributed by atoms with van der Waals surface area (Å²) in [6.45, 7) is 4.76. The second-order valence-corrected chi connectivity index (χ2v) is 10.2. The van der Waals surface area contributed by atoms with Crippen molar-refractivity contribution in [3.63, 3.8) is 0 Å². The van der Waals surface area contributed by atoms with Crippen LogP contribution in [0.1, 0.15) is 47.7 Å². The van der Waals surface area contributed by atoms with Crippen molar-refractivity contribution in [1.29, 1.82) is 5.26 Å². The van der Waals surface area contributed by atoms with Crippen molar-refractivity contribution in [2.45, 2.75) is 44.4 Å². The van der Waals surface area contributed by atoms with Crippen molar-refractivity contribution in [3.05, 3.63) is 41.7 Å². The Morgan fingerprint density at radius 3 is 2.40 bits per heavy atom. The molecule has 0 radical (unpaired) electrons. The van der Waals surface area contributed by atoms with Gasteiger partial charge >= 0.3 is 12.1 Å². The number of hydrazine groups is 1. The number of nitrogens with one attached hydrogen (secondary N) is 1. The summed E-state index contributed by atoms with van der Waals surface area (Å²) in [6, 6.07) is 7.64. The molecule has 224 valence electrons. The number of hydrogen-bond acceptors (Lipinski definition) is 10. The first-order chi connectivity index (χ1) is 20.0. The molecule has 2 fully saturated rings. The molecule has 1 aliphatic carbocycles. The summed E-state index contributed by atoms with van der Waals surface area (Å²) in [6.07, 6.45) is 0.428. The Labute approximate surface area is 239 Å². The molecular formula is C26H31F3N10O3. The van der Waals surface area contributed by atoms with Crippen LogP contribution in [0.2, 0.25) is 0 Å². The molecule has 0 atom stereocenters. The molecule has 3 aromatic rings. The van der Waals surface area contributed by atoms with Gasteiger partial charge in [-0.1, -0.05) is 18.9 Å². The highest BCUT2D eigenvalue weighted by Gasteiger charge is 2.38. The maximum absolute atomic E-state index is 13.8. The monoisotopic (exact) mass is 588 g/mol. The fourth-order valence-electron chi connectivity index (χ4n) is 4.76. The minimum atomic E-state index is -5.08. The van der Waals surface area contributed by atoms with E-state index >= 15 is 0 Å². The number of carboxylic acids is 1. The lowest BCUT2D eigenvalue weighted by Gasteiger charge is -2.32. The molecular weight excluding hydrogens is 557 g/mol. The van der Waals surface area contributed by atoms with Gasteiger partial charge in [0.2, 0.25) is 5.82 Å². The number of anilines is 1. The highest BCUT2D eigenvalue weighted by atomic mass is 19.4. The highest BCUT2D eigenvalue weighted by molar-refractivity contribution is 5.94. The van der Waals surface area contributed by atoms with Crippen LogP contribution in [0.3, 0.4) is 0 Å². The van der Waals surface area contributed by atoms with Crippen molar-refractivity contribution in [2.24, 2.45) is 7.05 Å². The minimum absolute atomic E-state index is 0.00449. The van der Waals surface area contributed by atoms with E-state index in [9.17, 15) is 23.2 Å². The SMILES string of the molecule is CN1CCN(Cc2cccc(C(=O)N(Nc3nc(C#N)nc4c3ncn4C)C3CCCC3)n2)CC1.O=C(O)C(F)(F)F. The van der Waals surface area contributed by atoms with Crippen LogP contribution < -0.4 is 5.43 Å². The van der Waals surface area contributed by atoms with Gasteiger partial charge in [0.05, 0.1) is 18.1 Å². The molecule has 1 aliphatic heterocycles. The van der Waals surface area contributed by atoms with Crippen molar-refractivity contribution in [3.8, 4) is 6.07 Å². The van der Waals surface area contributed by atoms with Gasteiger partial charge in [0.1, 0.15) is 11.8 Å². The number of hydrogen-bond donors (Lipinski definition) is 2. The number of halogens is 3. The Balaban J connectivity index is 0.000000517. The quantitative estimate of drug-likeness (QED) is 0.408. The van der Waals surface area contributed by atoms with Gasteiger partial charge in [-0.15, -0.1) is 0 Å². The zero-order valence-electron chi connectivity index (χ0n) is 23.2. The van der Waals surface area contributed by atoms with Gasteiger partial charge in [0, 0.05) is 39.8 Å². The molecule has 16 heteroatoms. The van der Waals surface area contributed by atoms with E-state index in [1.54, 1.807) is 22.0 Å². The molecule has 0 aromatic carbocycles. The molecule has 0 spiro atoms. The van der Waals surface area contributed by atoms with Gasteiger partial charge in [0.15, 0.2) is 17.0 Å². The van der Waals surface area contributed by atoms with Crippen LogP contribution in [0, 0.1) is 11.3 Å². The zero-order valence-corrected chi connectivity index (χ0v) is 23.2. The number of alkyl halides is 3. The molecule has 0 bridgehead atoms. The van der Waals surface area contributed by atoms with Crippen LogP contribution in [0.25, 0.3) is 11.2 Å². The maximum atomic E-state index is 13.8. The Bertz CT molecular complexity index is 1460. The summed E-state index contributed by atoms with van der Waals surface area (Å²) in [4.78, 5) is 45.1. The Kier molecular flexibility index (Phi) is 9.53. The van der Waals surface area contributed by atoms with E-state index in [2.05, 4.69) is 37.2 Å². The van der Waals surface area contributed by atoms with E-state index in [0.29, 0.717) is 22.7 Å². The fraction of sp³-hybridized carbons (Fsp3) is 0.500. The van der Waals surface area contributed by atoms with Gasteiger partial charge in [-0.3, -0.25) is 15.1 Å². The lowest BCUT2D eigenvalue weighted by molar-refractivity contribution is -0.192. The zero-order chi connectivity index (χ0) is 30.4. The van der Waals surface area contributed by atoms with Crippen LogP contribution in [0.5, 0.6) is 0 Å². The number of fused-ring (bicyclic) bond motifs is 1. The minimum Gasteiger partial charge on any atom is -0.475 e. The molecule has 2 N–H and O–H groups in total. The van der Waals surface area contributed by atoms with Gasteiger partial charge in [-0.25, -0.2) is 19.8 Å². The number of nitrogens with zero attached hydrogens (tertiary/aromatic N) is 9. The number of aryl methyl sites for hydroxylation is 1. The van der Waals surface area contributed by atoms with Gasteiger partial charge in [-0.2, -0.15) is 28.4 Å². The Morgan fingerprint density at radius 2 is 1.79 bits per heavy atom. The highest BCUT2D eigenvalue weighted by Crippen LogP contribution is 2.27. The van der Waals surface area contributed by atoms with Crippen molar-refractivity contribution in [2.75, 3.05) is 38.7 Å². The summed E-state index contributed by atoms with van der Waals surface area (Å²) < 4.78 is 33.5. The predicted octanol–water partition coefficient (Wildman–Crippen LogP) is 2.42. The number of carbonyl (C=O) groups is 2. The molecule has 4 heterocycles. The predicted molar refractivity (Wildman–Crippen MR) is 144 cm³/mol. The molecule has 0 unspecified atom stereocenters. The van der Waals surface area contributed by atoms with Crippen LogP contribution in [0.4, 0.5) is 19.0 Å². The fourth-order valence-corrected chi connectivity index (χ4v) is 4.76. The van der Waals surface area contributed by atoms with Crippen LogP contribution in [-0.2, 0) is 18.4 Å². The first-order valence-corrected chi connectivity index (χ1v) is 13.3. The third kappa shape index (κ3) is 7.47. The normalized spacial score (nSPS) is 16.5. The number of imidazole rings is 1. The van der Waals surface area contributed by atoms with Gasteiger partial charge in [0.25, 0.3) is 5.91 Å². The van der Waals surface area contributed by atoms with Crippen molar-refractivity contribution >= 4 is 28.9 Å². The first-order valence-electron chi connectivity index (χ1n) is 13.3. The van der Waals surface area contributed by atoms with Crippen LogP contribution >= 0.6 is 0 Å². The largest absolute Gasteiger partial charge is 0.490 e. The van der Waals surface area contributed by atoms with E-state index in [0.717, 1.165) is 64.1 Å². The third-order valence-electron chi connectivity index (χ3n) is 7.04. The average molecular weight is 589 g/mol. The number of aromatic nitrogens is 5. The van der Waals surface area contributed by atoms with Crippen molar-refractivity contribution < 1.29 is 27.9 Å². The summed E-state index contributed by atoms with van der Waals surface area (Å²) in [5.74, 6) is -2.60. The van der Waals surface area contributed by atoms with Crippen LogP contribution in [0.15, 0.2) is 24.5 Å². The lowest BCUT2D eigenvalue weighted by atomic mass is 10.2. The summed E-state index contributed by atoms with van der Waals surface area (Å²) >= 11 is 0. The number of piperazine rings is 1. The third-order valence-corrected chi connectivity index (χ3v) is 7.04. The standard InChI is InChI=1S/C24H30N10O.C2HF3O2/c1-31-10-12-33(13-11-31)15-17-6-5-9-19(27-17)24(35)34(18-7-3-4-8-18)30-22-21-23(32(2)16-26-21)29-20(14-25)28-22;3-2(4,5)1(6)7/h5-6,9,16,18H,3-4,7-8,10-13,15H2,1-2H3,(H,28,29,30);(H,6,7). The van der Waals surface area contributed by atoms with E-state index in [1.165, 1.54) is 0 Å². The van der Waals surface area contributed by atoms with E-state index < -0.39 is 12.1 Å². The van der Waals surface area contributed by atoms with Crippen molar-refractivity contribution in [1.82, 2.24) is 39.3 Å². The number of amides is 1. The van der Waals surface area contributed by atoms with Gasteiger partial charge < -0.3 is 14.6 Å². The van der Waals surface area contributed by atoms with E-state index in [1.807, 2.05) is 25.2 Å². The number of rotatable bonds is 6. The molecule has 1 saturated heterocycles. The maximum Gasteiger partial charge on any atom is 0.490 e. The number of carboxylic acid groups (broad SMARTS) is 1. The summed E-state index contributed by atoms with van der Waals surface area (Å²) in [5, 5.41) is 18.2. The summed E-state index contributed by atoms with van der Waals surface area (Å²) in [7, 11) is 3.94. The first kappa shape index (κ1) is 30.6. The van der Waals surface area contributed by atoms with Crippen LogP contribution in [-0.4, -0.2) is 102 Å². The number of aliphatic carboxylic acids is 1. The molecule has 3 aromatic heterocycles. The number of pyridine rings is 1. The smallest absolute Gasteiger partial charge is 0.475 e. The molecule has 42 heavy (non-hydrogen) atoms. The van der Waals surface area contributed by atoms with Gasteiger partial charge in [-0.05, 0) is 32.0 Å². The average Bonchev–Trinajstić information content (AvgIpc) is 3.63. The second-order valence-electron chi connectivity index (χ2n) is 10.2.